The van der Waals surface area contributed by atoms with Crippen molar-refractivity contribution in [3.8, 4) is 22.3 Å². The fourth-order valence-corrected chi connectivity index (χ4v) is 9.94. The van der Waals surface area contributed by atoms with Crippen LogP contribution in [0.4, 0.5) is 0 Å². The largest absolute Gasteiger partial charge is 0.134 e. The zero-order chi connectivity index (χ0) is 28.8. The molecule has 2 aromatic heterocycles. The lowest BCUT2D eigenvalue weighted by Crippen LogP contribution is -1.90. The minimum atomic E-state index is 1.26. The molecule has 0 unspecified atom stereocenters. The number of fused-ring (bicyclic) bond motifs is 11. The quantitative estimate of drug-likeness (QED) is 0.175. The van der Waals surface area contributed by atoms with Crippen molar-refractivity contribution < 1.29 is 0 Å². The highest BCUT2D eigenvalue weighted by Gasteiger charge is 2.18. The van der Waals surface area contributed by atoms with Crippen molar-refractivity contribution in [3.05, 3.63) is 146 Å². The van der Waals surface area contributed by atoms with Crippen LogP contribution in [-0.2, 0) is 0 Å². The van der Waals surface area contributed by atoms with Crippen LogP contribution in [0.15, 0.2) is 146 Å². The van der Waals surface area contributed by atoms with E-state index in [0.717, 1.165) is 0 Å². The Bertz CT molecular complexity index is 2700. The van der Waals surface area contributed by atoms with Gasteiger partial charge in [-0.25, -0.2) is 0 Å². The van der Waals surface area contributed by atoms with Crippen molar-refractivity contribution in [2.24, 2.45) is 0 Å². The van der Waals surface area contributed by atoms with Gasteiger partial charge in [-0.15, -0.1) is 22.7 Å². The number of hydrogen-bond acceptors (Lipinski definition) is 2. The lowest BCUT2D eigenvalue weighted by atomic mass is 9.86. The fraction of sp³-hybridized carbons (Fsp3) is 0. The predicted molar refractivity (Wildman–Crippen MR) is 196 cm³/mol. The molecule has 0 aliphatic carbocycles. The zero-order valence-corrected chi connectivity index (χ0v) is 25.3. The van der Waals surface area contributed by atoms with Gasteiger partial charge in [0.25, 0.3) is 0 Å². The van der Waals surface area contributed by atoms with E-state index < -0.39 is 0 Å². The smallest absolute Gasteiger partial charge is 0.0534 e. The van der Waals surface area contributed by atoms with Gasteiger partial charge in [0.05, 0.1) is 9.40 Å². The average molecular weight is 593 g/mol. The zero-order valence-electron chi connectivity index (χ0n) is 23.7. The van der Waals surface area contributed by atoms with Crippen molar-refractivity contribution in [3.63, 3.8) is 0 Å². The van der Waals surface area contributed by atoms with Crippen molar-refractivity contribution >= 4 is 95.3 Å². The highest BCUT2D eigenvalue weighted by molar-refractivity contribution is 7.33. The minimum Gasteiger partial charge on any atom is -0.134 e. The maximum atomic E-state index is 2.44. The molecule has 0 atom stereocenters. The summed E-state index contributed by atoms with van der Waals surface area (Å²) in [6, 6.07) is 53.9. The Hall–Kier alpha value is -5.02. The second kappa shape index (κ2) is 9.24. The van der Waals surface area contributed by atoms with E-state index in [4.69, 9.17) is 0 Å². The molecular formula is C42H24S2. The van der Waals surface area contributed by atoms with Crippen LogP contribution in [0.25, 0.3) is 94.9 Å². The molecule has 0 N–H and O–H groups in total. The van der Waals surface area contributed by atoms with Crippen molar-refractivity contribution in [2.45, 2.75) is 0 Å². The van der Waals surface area contributed by atoms with Crippen LogP contribution < -0.4 is 0 Å². The molecule has 0 aliphatic rings. The average Bonchev–Trinajstić information content (AvgIpc) is 3.66. The molecule has 0 aliphatic heterocycles. The molecule has 0 nitrogen and oxygen atoms in total. The fourth-order valence-electron chi connectivity index (χ4n) is 7.35. The number of rotatable bonds is 2. The summed E-state index contributed by atoms with van der Waals surface area (Å²) in [7, 11) is 0. The highest BCUT2D eigenvalue weighted by atomic mass is 32.1. The third-order valence-electron chi connectivity index (χ3n) is 9.25. The van der Waals surface area contributed by atoms with Gasteiger partial charge < -0.3 is 0 Å². The first-order valence-corrected chi connectivity index (χ1v) is 16.7. The van der Waals surface area contributed by atoms with E-state index in [1.54, 1.807) is 0 Å². The van der Waals surface area contributed by atoms with Gasteiger partial charge in [0, 0.05) is 30.9 Å². The van der Waals surface area contributed by atoms with Crippen LogP contribution in [0.2, 0.25) is 0 Å². The molecule has 0 saturated heterocycles. The van der Waals surface area contributed by atoms with E-state index in [-0.39, 0.29) is 0 Å². The SMILES string of the molecule is c1ccc(-c2c3ccccc3c(-c3ccc4c(c3)sc3c4ccc4c3sc3ccc5ccccc5c34)c3ccccc23)cc1. The van der Waals surface area contributed by atoms with Gasteiger partial charge in [-0.3, -0.25) is 0 Å². The maximum absolute atomic E-state index is 2.44. The van der Waals surface area contributed by atoms with Gasteiger partial charge in [0.1, 0.15) is 0 Å². The topological polar surface area (TPSA) is 0 Å². The van der Waals surface area contributed by atoms with Gasteiger partial charge in [-0.1, -0.05) is 133 Å². The van der Waals surface area contributed by atoms with Gasteiger partial charge in [-0.05, 0) is 66.7 Å². The highest BCUT2D eigenvalue weighted by Crippen LogP contribution is 2.48. The lowest BCUT2D eigenvalue weighted by molar-refractivity contribution is 1.66. The van der Waals surface area contributed by atoms with Gasteiger partial charge in [-0.2, -0.15) is 0 Å². The van der Waals surface area contributed by atoms with Crippen molar-refractivity contribution in [1.82, 2.24) is 0 Å². The van der Waals surface area contributed by atoms with Crippen LogP contribution in [0.5, 0.6) is 0 Å². The molecule has 0 amide bonds. The predicted octanol–water partition coefficient (Wildman–Crippen LogP) is 13.2. The van der Waals surface area contributed by atoms with Gasteiger partial charge >= 0.3 is 0 Å². The number of benzene rings is 8. The van der Waals surface area contributed by atoms with E-state index in [2.05, 4.69) is 146 Å². The number of hydrogen-bond donors (Lipinski definition) is 0. The second-order valence-corrected chi connectivity index (χ2v) is 13.7. The van der Waals surface area contributed by atoms with Crippen LogP contribution >= 0.6 is 22.7 Å². The second-order valence-electron chi connectivity index (χ2n) is 11.6. The molecule has 2 heterocycles. The Balaban J connectivity index is 1.26. The first-order valence-electron chi connectivity index (χ1n) is 15.0. The normalized spacial score (nSPS) is 12.1. The summed E-state index contributed by atoms with van der Waals surface area (Å²) < 4.78 is 5.50. The van der Waals surface area contributed by atoms with E-state index >= 15 is 0 Å². The Morgan fingerprint density at radius 3 is 1.59 bits per heavy atom. The molecule has 10 aromatic rings. The molecule has 8 aromatic carbocycles. The molecule has 0 fully saturated rings. The Morgan fingerprint density at radius 2 is 0.864 bits per heavy atom. The van der Waals surface area contributed by atoms with Crippen LogP contribution in [0, 0.1) is 0 Å². The molecule has 0 saturated carbocycles. The summed E-state index contributed by atoms with van der Waals surface area (Å²) in [6.07, 6.45) is 0. The van der Waals surface area contributed by atoms with Gasteiger partial charge in [0.15, 0.2) is 0 Å². The van der Waals surface area contributed by atoms with E-state index in [9.17, 15) is 0 Å². The summed E-state index contributed by atoms with van der Waals surface area (Å²) in [6.45, 7) is 0. The monoisotopic (exact) mass is 592 g/mol. The summed E-state index contributed by atoms with van der Waals surface area (Å²) in [5, 5.41) is 13.3. The minimum absolute atomic E-state index is 1.26. The molecule has 0 radical (unpaired) electrons. The summed E-state index contributed by atoms with van der Waals surface area (Å²) in [5.41, 5.74) is 5.15. The molecule has 10 rings (SSSR count). The molecule has 44 heavy (non-hydrogen) atoms. The third-order valence-corrected chi connectivity index (χ3v) is 11.8. The molecular weight excluding hydrogens is 569 g/mol. The van der Waals surface area contributed by atoms with E-state index in [1.807, 2.05) is 22.7 Å². The van der Waals surface area contributed by atoms with Crippen molar-refractivity contribution in [2.75, 3.05) is 0 Å². The molecule has 0 bridgehead atoms. The summed E-state index contributed by atoms with van der Waals surface area (Å²) >= 11 is 3.88. The lowest BCUT2D eigenvalue weighted by Gasteiger charge is -2.17. The van der Waals surface area contributed by atoms with Crippen molar-refractivity contribution in [1.29, 1.82) is 0 Å². The first-order chi connectivity index (χ1) is 21.8. The van der Waals surface area contributed by atoms with Gasteiger partial charge in [0.2, 0.25) is 0 Å². The Morgan fingerprint density at radius 1 is 0.318 bits per heavy atom. The Labute approximate surface area is 262 Å². The van der Waals surface area contributed by atoms with E-state index in [0.29, 0.717) is 0 Å². The molecule has 0 spiro atoms. The summed E-state index contributed by atoms with van der Waals surface area (Å²) in [5.74, 6) is 0. The summed E-state index contributed by atoms with van der Waals surface area (Å²) in [4.78, 5) is 0. The van der Waals surface area contributed by atoms with E-state index in [1.165, 1.54) is 94.9 Å². The Kier molecular flexibility index (Phi) is 5.13. The first kappa shape index (κ1) is 24.4. The van der Waals surface area contributed by atoms with Crippen LogP contribution in [0.1, 0.15) is 0 Å². The standard InChI is InChI=1S/C42H24S2/c1-2-11-26(12-3-1)38-30-14-6-8-16-32(30)39(33-17-9-7-15-31(33)38)27-18-20-29-34-21-22-35-40-28-13-5-4-10-25(28)19-23-36(40)43-42(35)41(34)44-37(29)24-27/h1-24H. The van der Waals surface area contributed by atoms with Crippen LogP contribution in [0.3, 0.4) is 0 Å². The number of thiophene rings is 2. The maximum Gasteiger partial charge on any atom is 0.0534 e. The third kappa shape index (κ3) is 3.38. The molecule has 2 heteroatoms. The molecule has 204 valence electrons. The van der Waals surface area contributed by atoms with Crippen LogP contribution in [-0.4, -0.2) is 0 Å².